The molecule has 2 fully saturated rings. The lowest BCUT2D eigenvalue weighted by molar-refractivity contribution is 0.0728. The summed E-state index contributed by atoms with van der Waals surface area (Å²) in [7, 11) is 1.31. The molecule has 0 amide bonds. The summed E-state index contributed by atoms with van der Waals surface area (Å²) in [6.45, 7) is 2.05. The van der Waals surface area contributed by atoms with Gasteiger partial charge >= 0.3 is 5.97 Å². The molecular formula is C27H29F3O3. The van der Waals surface area contributed by atoms with E-state index in [4.69, 9.17) is 9.47 Å². The Morgan fingerprint density at radius 1 is 0.970 bits per heavy atom. The van der Waals surface area contributed by atoms with Crippen molar-refractivity contribution in [1.29, 1.82) is 0 Å². The average Bonchev–Trinajstić information content (AvgIpc) is 2.81. The molecule has 0 saturated heterocycles. The molecule has 2 saturated carbocycles. The zero-order chi connectivity index (χ0) is 23.5. The van der Waals surface area contributed by atoms with Crippen molar-refractivity contribution in [1.82, 2.24) is 0 Å². The van der Waals surface area contributed by atoms with Gasteiger partial charge in [-0.1, -0.05) is 18.2 Å². The van der Waals surface area contributed by atoms with Crippen LogP contribution in [0.1, 0.15) is 67.3 Å². The summed E-state index contributed by atoms with van der Waals surface area (Å²) in [6, 6.07) is 6.35. The Hall–Kier alpha value is -2.76. The number of fused-ring (bicyclic) bond motifs is 1. The van der Waals surface area contributed by atoms with Gasteiger partial charge in [-0.3, -0.25) is 0 Å². The predicted octanol–water partition coefficient (Wildman–Crippen LogP) is 7.21. The Bertz CT molecular complexity index is 1050. The van der Waals surface area contributed by atoms with Crippen molar-refractivity contribution in [2.24, 2.45) is 17.8 Å². The first kappa shape index (κ1) is 23.4. The highest BCUT2D eigenvalue weighted by Crippen LogP contribution is 2.48. The molecule has 176 valence electrons. The molecule has 2 aromatic carbocycles. The van der Waals surface area contributed by atoms with Crippen LogP contribution in [-0.4, -0.2) is 13.1 Å². The molecule has 6 heteroatoms. The second-order valence-corrected chi connectivity index (χ2v) is 9.15. The summed E-state index contributed by atoms with van der Waals surface area (Å²) < 4.78 is 53.6. The number of carbonyl (C=O) groups is 1. The summed E-state index contributed by atoms with van der Waals surface area (Å²) >= 11 is 0. The number of ether oxygens (including phenoxy) is 2. The topological polar surface area (TPSA) is 35.5 Å². The summed E-state index contributed by atoms with van der Waals surface area (Å²) in [6.07, 6.45) is 10.5. The van der Waals surface area contributed by atoms with Gasteiger partial charge in [-0.05, 0) is 92.9 Å². The number of allylic oxidation sites excluding steroid dienone is 2. The standard InChI is InChI=1S/C27H29F3O3/c1-3-4-16-5-6-18-14-19(8-7-17(18)13-16)21-10-11-22(26(30)25(21)29)27(31)33-20-9-12-24(32-2)23(28)15-20/h3-4,9-12,15-19H,5-8,13-14H2,1-2H3/b4-3+. The fourth-order valence-electron chi connectivity index (χ4n) is 5.56. The van der Waals surface area contributed by atoms with Gasteiger partial charge in [0, 0.05) is 6.07 Å². The van der Waals surface area contributed by atoms with Gasteiger partial charge < -0.3 is 9.47 Å². The molecule has 2 aliphatic carbocycles. The Labute approximate surface area is 192 Å². The van der Waals surface area contributed by atoms with Gasteiger partial charge in [-0.2, -0.15) is 0 Å². The Balaban J connectivity index is 1.46. The van der Waals surface area contributed by atoms with Crippen molar-refractivity contribution < 1.29 is 27.4 Å². The van der Waals surface area contributed by atoms with Crippen LogP contribution in [0, 0.1) is 35.2 Å². The van der Waals surface area contributed by atoms with Crippen LogP contribution in [0.25, 0.3) is 0 Å². The van der Waals surface area contributed by atoms with E-state index in [2.05, 4.69) is 19.1 Å². The van der Waals surface area contributed by atoms with E-state index in [-0.39, 0.29) is 17.4 Å². The Morgan fingerprint density at radius 3 is 2.45 bits per heavy atom. The molecule has 2 aromatic rings. The van der Waals surface area contributed by atoms with E-state index < -0.39 is 29.0 Å². The van der Waals surface area contributed by atoms with Crippen molar-refractivity contribution in [3.05, 3.63) is 71.1 Å². The van der Waals surface area contributed by atoms with Gasteiger partial charge in [-0.25, -0.2) is 18.0 Å². The number of carbonyl (C=O) groups excluding carboxylic acids is 1. The third-order valence-electron chi connectivity index (χ3n) is 7.22. The minimum atomic E-state index is -1.22. The van der Waals surface area contributed by atoms with Crippen LogP contribution < -0.4 is 9.47 Å². The highest BCUT2D eigenvalue weighted by atomic mass is 19.2. The number of rotatable bonds is 5. The smallest absolute Gasteiger partial charge is 0.346 e. The third-order valence-corrected chi connectivity index (χ3v) is 7.22. The maximum atomic E-state index is 15.0. The zero-order valence-corrected chi connectivity index (χ0v) is 19.0. The molecule has 4 rings (SSSR count). The van der Waals surface area contributed by atoms with Gasteiger partial charge in [0.1, 0.15) is 5.75 Å². The fraction of sp³-hybridized carbons (Fsp3) is 0.444. The minimum Gasteiger partial charge on any atom is -0.494 e. The van der Waals surface area contributed by atoms with Gasteiger partial charge in [0.05, 0.1) is 12.7 Å². The van der Waals surface area contributed by atoms with E-state index in [9.17, 15) is 13.6 Å². The lowest BCUT2D eigenvalue weighted by Gasteiger charge is -2.42. The van der Waals surface area contributed by atoms with Crippen molar-refractivity contribution in [3.63, 3.8) is 0 Å². The first-order valence-electron chi connectivity index (χ1n) is 11.6. The summed E-state index contributed by atoms with van der Waals surface area (Å²) in [4.78, 5) is 12.4. The molecule has 0 heterocycles. The monoisotopic (exact) mass is 458 g/mol. The van der Waals surface area contributed by atoms with Crippen molar-refractivity contribution in [3.8, 4) is 11.5 Å². The number of hydrogen-bond acceptors (Lipinski definition) is 3. The predicted molar refractivity (Wildman–Crippen MR) is 120 cm³/mol. The van der Waals surface area contributed by atoms with E-state index in [1.807, 2.05) is 0 Å². The van der Waals surface area contributed by atoms with Crippen LogP contribution in [0.5, 0.6) is 11.5 Å². The first-order chi connectivity index (χ1) is 15.9. The maximum absolute atomic E-state index is 15.0. The average molecular weight is 459 g/mol. The first-order valence-corrected chi connectivity index (χ1v) is 11.6. The quantitative estimate of drug-likeness (QED) is 0.270. The molecule has 0 radical (unpaired) electrons. The molecule has 3 nitrogen and oxygen atoms in total. The molecule has 33 heavy (non-hydrogen) atoms. The van der Waals surface area contributed by atoms with Crippen LogP contribution in [0.15, 0.2) is 42.5 Å². The lowest BCUT2D eigenvalue weighted by atomic mass is 9.64. The van der Waals surface area contributed by atoms with Crippen molar-refractivity contribution in [2.75, 3.05) is 7.11 Å². The summed E-state index contributed by atoms with van der Waals surface area (Å²) in [5.74, 6) is -2.39. The molecule has 0 N–H and O–H groups in total. The third kappa shape index (κ3) is 4.94. The highest BCUT2D eigenvalue weighted by molar-refractivity contribution is 5.91. The largest absolute Gasteiger partial charge is 0.494 e. The maximum Gasteiger partial charge on any atom is 0.346 e. The number of benzene rings is 2. The van der Waals surface area contributed by atoms with Gasteiger partial charge in [-0.15, -0.1) is 0 Å². The van der Waals surface area contributed by atoms with Crippen molar-refractivity contribution >= 4 is 5.97 Å². The van der Waals surface area contributed by atoms with E-state index in [0.29, 0.717) is 23.3 Å². The zero-order valence-electron chi connectivity index (χ0n) is 19.0. The number of hydrogen-bond donors (Lipinski definition) is 0. The Morgan fingerprint density at radius 2 is 1.73 bits per heavy atom. The molecule has 0 aliphatic heterocycles. The molecule has 0 spiro atoms. The summed E-state index contributed by atoms with van der Waals surface area (Å²) in [5.41, 5.74) is -0.179. The molecule has 0 bridgehead atoms. The van der Waals surface area contributed by atoms with E-state index in [1.54, 1.807) is 0 Å². The van der Waals surface area contributed by atoms with Crippen molar-refractivity contribution in [2.45, 2.75) is 51.4 Å². The fourth-order valence-corrected chi connectivity index (χ4v) is 5.56. The second-order valence-electron chi connectivity index (χ2n) is 9.15. The Kier molecular flexibility index (Phi) is 7.11. The molecule has 4 unspecified atom stereocenters. The number of methoxy groups -OCH3 is 1. The molecule has 4 atom stereocenters. The van der Waals surface area contributed by atoms with Crippen LogP contribution in [-0.2, 0) is 0 Å². The van der Waals surface area contributed by atoms with E-state index in [0.717, 1.165) is 38.2 Å². The lowest BCUT2D eigenvalue weighted by Crippen LogP contribution is -2.30. The van der Waals surface area contributed by atoms with Gasteiger partial charge in [0.25, 0.3) is 0 Å². The van der Waals surface area contributed by atoms with Crippen LogP contribution in [0.4, 0.5) is 13.2 Å². The van der Waals surface area contributed by atoms with Crippen LogP contribution >= 0.6 is 0 Å². The summed E-state index contributed by atoms with van der Waals surface area (Å²) in [5, 5.41) is 0. The molecule has 2 aliphatic rings. The van der Waals surface area contributed by atoms with Crippen LogP contribution in [0.3, 0.4) is 0 Å². The SMILES string of the molecule is C/C=C/C1CCC2CC(c3ccc(C(=O)Oc4ccc(OC)c(F)c4)c(F)c3F)CCC2C1. The van der Waals surface area contributed by atoms with Gasteiger partial charge in [0.15, 0.2) is 23.2 Å². The minimum absolute atomic E-state index is 0.0126. The van der Waals surface area contributed by atoms with Crippen LogP contribution in [0.2, 0.25) is 0 Å². The normalized spacial score (nSPS) is 25.0. The number of halogens is 3. The molecule has 0 aromatic heterocycles. The number of esters is 1. The van der Waals surface area contributed by atoms with Gasteiger partial charge in [0.2, 0.25) is 0 Å². The highest BCUT2D eigenvalue weighted by Gasteiger charge is 2.36. The van der Waals surface area contributed by atoms with E-state index in [1.165, 1.54) is 37.8 Å². The molecular weight excluding hydrogens is 429 g/mol. The second kappa shape index (κ2) is 10.0. The van der Waals surface area contributed by atoms with E-state index >= 15 is 4.39 Å².